The highest BCUT2D eigenvalue weighted by Gasteiger charge is 2.18. The van der Waals surface area contributed by atoms with Crippen LogP contribution in [-0.2, 0) is 0 Å². The molecule has 1 aromatic carbocycles. The maximum atomic E-state index is 10.7. The van der Waals surface area contributed by atoms with Crippen LogP contribution in [0.15, 0.2) is 18.2 Å². The highest BCUT2D eigenvalue weighted by Crippen LogP contribution is 2.30. The van der Waals surface area contributed by atoms with Crippen molar-refractivity contribution in [3.8, 4) is 5.75 Å². The standard InChI is InChI=1S/C9H12N2O4/c1-3-10(12)8-5-4-7(15-2)6-9(8)11(13)14/h4-6,12H,3H2,1-2H3. The van der Waals surface area contributed by atoms with Gasteiger partial charge in [-0.05, 0) is 19.1 Å². The molecular weight excluding hydrogens is 200 g/mol. The van der Waals surface area contributed by atoms with Crippen LogP contribution >= 0.6 is 0 Å². The first-order valence-corrected chi connectivity index (χ1v) is 4.39. The van der Waals surface area contributed by atoms with Crippen LogP contribution in [0.4, 0.5) is 11.4 Å². The van der Waals surface area contributed by atoms with Gasteiger partial charge in [0.1, 0.15) is 11.4 Å². The van der Waals surface area contributed by atoms with E-state index in [1.165, 1.54) is 19.2 Å². The van der Waals surface area contributed by atoms with Crippen LogP contribution in [0, 0.1) is 10.1 Å². The quantitative estimate of drug-likeness (QED) is 0.608. The number of methoxy groups -OCH3 is 1. The van der Waals surface area contributed by atoms with Gasteiger partial charge in [0.2, 0.25) is 0 Å². The van der Waals surface area contributed by atoms with Gasteiger partial charge < -0.3 is 4.74 Å². The number of hydrogen-bond acceptors (Lipinski definition) is 5. The number of benzene rings is 1. The second-order valence-corrected chi connectivity index (χ2v) is 2.83. The molecule has 0 aliphatic rings. The molecule has 0 aliphatic carbocycles. The third-order valence-corrected chi connectivity index (χ3v) is 1.96. The molecular formula is C9H12N2O4. The molecule has 0 fully saturated rings. The van der Waals surface area contributed by atoms with E-state index in [2.05, 4.69) is 0 Å². The minimum atomic E-state index is -0.559. The normalized spacial score (nSPS) is 9.80. The van der Waals surface area contributed by atoms with Gasteiger partial charge in [0.15, 0.2) is 0 Å². The molecule has 0 saturated carbocycles. The van der Waals surface area contributed by atoms with E-state index in [1.54, 1.807) is 13.0 Å². The molecule has 0 radical (unpaired) electrons. The van der Waals surface area contributed by atoms with Crippen molar-refractivity contribution >= 4 is 11.4 Å². The molecule has 6 heteroatoms. The van der Waals surface area contributed by atoms with Crippen molar-refractivity contribution in [1.29, 1.82) is 0 Å². The number of hydrogen-bond donors (Lipinski definition) is 1. The summed E-state index contributed by atoms with van der Waals surface area (Å²) in [7, 11) is 1.43. The van der Waals surface area contributed by atoms with Gasteiger partial charge in [-0.25, -0.2) is 0 Å². The Kier molecular flexibility index (Phi) is 3.46. The van der Waals surface area contributed by atoms with Crippen molar-refractivity contribution in [3.05, 3.63) is 28.3 Å². The van der Waals surface area contributed by atoms with E-state index in [0.29, 0.717) is 5.75 Å². The lowest BCUT2D eigenvalue weighted by atomic mass is 10.2. The number of anilines is 1. The van der Waals surface area contributed by atoms with Gasteiger partial charge >= 0.3 is 0 Å². The molecule has 0 aliphatic heterocycles. The van der Waals surface area contributed by atoms with Gasteiger partial charge in [0.05, 0.1) is 18.1 Å². The van der Waals surface area contributed by atoms with Crippen molar-refractivity contribution in [1.82, 2.24) is 0 Å². The molecule has 1 aromatic rings. The van der Waals surface area contributed by atoms with Crippen molar-refractivity contribution in [3.63, 3.8) is 0 Å². The summed E-state index contributed by atoms with van der Waals surface area (Å²) in [6.45, 7) is 1.96. The maximum absolute atomic E-state index is 10.7. The van der Waals surface area contributed by atoms with Gasteiger partial charge in [-0.15, -0.1) is 0 Å². The zero-order valence-electron chi connectivity index (χ0n) is 8.51. The molecule has 0 bridgehead atoms. The molecule has 0 amide bonds. The molecule has 0 heterocycles. The largest absolute Gasteiger partial charge is 0.496 e. The van der Waals surface area contributed by atoms with Crippen molar-refractivity contribution < 1.29 is 14.9 Å². The van der Waals surface area contributed by atoms with Crippen LogP contribution in [0.1, 0.15) is 6.92 Å². The summed E-state index contributed by atoms with van der Waals surface area (Å²) in [5.74, 6) is 0.384. The number of nitrogens with zero attached hydrogens (tertiary/aromatic N) is 2. The number of nitro benzene ring substituents is 1. The Morgan fingerprint density at radius 2 is 2.27 bits per heavy atom. The molecule has 0 spiro atoms. The van der Waals surface area contributed by atoms with Crippen molar-refractivity contribution in [2.75, 3.05) is 18.7 Å². The molecule has 0 atom stereocenters. The Morgan fingerprint density at radius 1 is 1.60 bits per heavy atom. The second-order valence-electron chi connectivity index (χ2n) is 2.83. The average Bonchev–Trinajstić information content (AvgIpc) is 2.27. The second kappa shape index (κ2) is 4.61. The number of hydroxylamine groups is 1. The molecule has 82 valence electrons. The van der Waals surface area contributed by atoms with E-state index in [9.17, 15) is 15.3 Å². The fraction of sp³-hybridized carbons (Fsp3) is 0.333. The lowest BCUT2D eigenvalue weighted by Gasteiger charge is -2.14. The molecule has 1 rings (SSSR count). The summed E-state index contributed by atoms with van der Waals surface area (Å²) in [6.07, 6.45) is 0. The summed E-state index contributed by atoms with van der Waals surface area (Å²) >= 11 is 0. The number of nitro groups is 1. The Morgan fingerprint density at radius 3 is 2.73 bits per heavy atom. The Bertz CT molecular complexity index is 367. The van der Waals surface area contributed by atoms with Crippen molar-refractivity contribution in [2.45, 2.75) is 6.92 Å². The highest BCUT2D eigenvalue weighted by molar-refractivity contribution is 5.63. The third-order valence-electron chi connectivity index (χ3n) is 1.96. The first-order valence-electron chi connectivity index (χ1n) is 4.39. The Labute approximate surface area is 86.8 Å². The predicted octanol–water partition coefficient (Wildman–Crippen LogP) is 1.82. The minimum Gasteiger partial charge on any atom is -0.496 e. The van der Waals surface area contributed by atoms with E-state index in [1.807, 2.05) is 0 Å². The molecule has 15 heavy (non-hydrogen) atoms. The van der Waals surface area contributed by atoms with Crippen LogP contribution in [0.25, 0.3) is 0 Å². The summed E-state index contributed by atoms with van der Waals surface area (Å²) in [5.41, 5.74) is -0.0259. The van der Waals surface area contributed by atoms with Crippen LogP contribution < -0.4 is 9.80 Å². The summed E-state index contributed by atoms with van der Waals surface area (Å²) in [6, 6.07) is 4.27. The lowest BCUT2D eigenvalue weighted by Crippen LogP contribution is -2.18. The maximum Gasteiger partial charge on any atom is 0.298 e. The summed E-state index contributed by atoms with van der Waals surface area (Å²) < 4.78 is 4.87. The molecule has 0 saturated heterocycles. The monoisotopic (exact) mass is 212 g/mol. The van der Waals surface area contributed by atoms with Gasteiger partial charge in [-0.3, -0.25) is 20.4 Å². The van der Waals surface area contributed by atoms with E-state index >= 15 is 0 Å². The smallest absolute Gasteiger partial charge is 0.298 e. The topological polar surface area (TPSA) is 75.8 Å². The van der Waals surface area contributed by atoms with E-state index in [-0.39, 0.29) is 17.9 Å². The first-order chi connectivity index (χ1) is 7.10. The molecule has 6 nitrogen and oxygen atoms in total. The first kappa shape index (κ1) is 11.3. The minimum absolute atomic E-state index is 0.156. The molecule has 0 unspecified atom stereocenters. The zero-order chi connectivity index (χ0) is 11.4. The predicted molar refractivity (Wildman–Crippen MR) is 54.5 cm³/mol. The van der Waals surface area contributed by atoms with E-state index in [4.69, 9.17) is 4.74 Å². The number of ether oxygens (including phenoxy) is 1. The van der Waals surface area contributed by atoms with Crippen LogP contribution in [0.3, 0.4) is 0 Å². The van der Waals surface area contributed by atoms with Gasteiger partial charge in [-0.1, -0.05) is 0 Å². The van der Waals surface area contributed by atoms with Crippen LogP contribution in [0.5, 0.6) is 5.75 Å². The van der Waals surface area contributed by atoms with Gasteiger partial charge in [-0.2, -0.15) is 0 Å². The van der Waals surface area contributed by atoms with Crippen LogP contribution in [-0.4, -0.2) is 23.8 Å². The third kappa shape index (κ3) is 2.35. The van der Waals surface area contributed by atoms with Gasteiger partial charge in [0, 0.05) is 6.54 Å². The summed E-state index contributed by atoms with van der Waals surface area (Å²) in [5, 5.41) is 21.0. The average molecular weight is 212 g/mol. The van der Waals surface area contributed by atoms with E-state index < -0.39 is 4.92 Å². The Balaban J connectivity index is 3.21. The fourth-order valence-electron chi connectivity index (χ4n) is 1.17. The zero-order valence-corrected chi connectivity index (χ0v) is 8.51. The lowest BCUT2D eigenvalue weighted by molar-refractivity contribution is -0.384. The van der Waals surface area contributed by atoms with Gasteiger partial charge in [0.25, 0.3) is 5.69 Å². The highest BCUT2D eigenvalue weighted by atomic mass is 16.6. The molecule has 0 aromatic heterocycles. The fourth-order valence-corrected chi connectivity index (χ4v) is 1.17. The Hall–Kier alpha value is -1.82. The number of rotatable bonds is 4. The van der Waals surface area contributed by atoms with E-state index in [0.717, 1.165) is 5.06 Å². The van der Waals surface area contributed by atoms with Crippen molar-refractivity contribution in [2.24, 2.45) is 0 Å². The summed E-state index contributed by atoms with van der Waals surface area (Å²) in [4.78, 5) is 10.2. The molecule has 1 N–H and O–H groups in total. The SMILES string of the molecule is CCN(O)c1ccc(OC)cc1[N+](=O)[O-]. The van der Waals surface area contributed by atoms with Crippen LogP contribution in [0.2, 0.25) is 0 Å².